The van der Waals surface area contributed by atoms with Gasteiger partial charge in [0.15, 0.2) is 0 Å². The maximum absolute atomic E-state index is 8.77. The summed E-state index contributed by atoms with van der Waals surface area (Å²) in [5.74, 6) is 1.88. The molecule has 1 aromatic carbocycles. The van der Waals surface area contributed by atoms with Crippen LogP contribution in [0.5, 0.6) is 5.75 Å². The molecule has 4 heteroatoms. The number of nitrogens with zero attached hydrogens (tertiary/aromatic N) is 3. The number of aromatic nitrogens is 1. The number of rotatable bonds is 4. The van der Waals surface area contributed by atoms with Crippen molar-refractivity contribution in [2.24, 2.45) is 0 Å². The van der Waals surface area contributed by atoms with E-state index < -0.39 is 0 Å². The minimum atomic E-state index is 0.204. The van der Waals surface area contributed by atoms with Gasteiger partial charge < -0.3 is 9.64 Å². The minimum absolute atomic E-state index is 0.204. The largest absolute Gasteiger partial charge is 0.486 e. The second-order valence-electron chi connectivity index (χ2n) is 5.12. The summed E-state index contributed by atoms with van der Waals surface area (Å²) in [4.78, 5) is 6.45. The van der Waals surface area contributed by atoms with E-state index in [1.54, 1.807) is 12.3 Å². The van der Waals surface area contributed by atoms with Crippen LogP contribution in [0.2, 0.25) is 0 Å². The van der Waals surface area contributed by atoms with Crippen molar-refractivity contribution in [3.05, 3.63) is 53.7 Å². The molecule has 0 radical (unpaired) electrons. The number of para-hydroxylation sites is 1. The van der Waals surface area contributed by atoms with E-state index in [2.05, 4.69) is 28.9 Å². The van der Waals surface area contributed by atoms with E-state index in [4.69, 9.17) is 10.00 Å². The molecule has 106 valence electrons. The fraction of sp³-hybridized carbons (Fsp3) is 0.294. The maximum Gasteiger partial charge on any atom is 0.134 e. The minimum Gasteiger partial charge on any atom is -0.486 e. The van der Waals surface area contributed by atoms with E-state index in [0.29, 0.717) is 5.56 Å². The van der Waals surface area contributed by atoms with Gasteiger partial charge in [-0.05, 0) is 30.2 Å². The van der Waals surface area contributed by atoms with Crippen molar-refractivity contribution in [3.63, 3.8) is 0 Å². The molecule has 1 aromatic heterocycles. The normalized spacial score (nSPS) is 14.4. The Morgan fingerprint density at radius 1 is 1.29 bits per heavy atom. The Balaban J connectivity index is 1.59. The number of hydrogen-bond donors (Lipinski definition) is 0. The quantitative estimate of drug-likeness (QED) is 0.863. The molecule has 0 saturated carbocycles. The van der Waals surface area contributed by atoms with Crippen molar-refractivity contribution in [2.45, 2.75) is 19.4 Å². The molecule has 0 N–H and O–H groups in total. The van der Waals surface area contributed by atoms with Crippen molar-refractivity contribution in [2.75, 3.05) is 18.0 Å². The molecule has 0 unspecified atom stereocenters. The lowest BCUT2D eigenvalue weighted by Crippen LogP contribution is -2.54. The average Bonchev–Trinajstić information content (AvgIpc) is 2.51. The Labute approximate surface area is 124 Å². The van der Waals surface area contributed by atoms with Crippen molar-refractivity contribution < 1.29 is 4.74 Å². The van der Waals surface area contributed by atoms with Crippen molar-refractivity contribution >= 4 is 5.82 Å². The smallest absolute Gasteiger partial charge is 0.134 e. The predicted molar refractivity (Wildman–Crippen MR) is 81.4 cm³/mol. The van der Waals surface area contributed by atoms with E-state index in [0.717, 1.165) is 31.1 Å². The van der Waals surface area contributed by atoms with Crippen molar-refractivity contribution in [1.82, 2.24) is 4.98 Å². The van der Waals surface area contributed by atoms with Gasteiger partial charge in [0, 0.05) is 6.20 Å². The van der Waals surface area contributed by atoms with Gasteiger partial charge in [-0.15, -0.1) is 0 Å². The Hall–Kier alpha value is -2.54. The van der Waals surface area contributed by atoms with Crippen LogP contribution in [0.4, 0.5) is 5.82 Å². The van der Waals surface area contributed by atoms with Gasteiger partial charge in [0.25, 0.3) is 0 Å². The lowest BCUT2D eigenvalue weighted by Gasteiger charge is -2.40. The van der Waals surface area contributed by atoms with Crippen LogP contribution in [0.25, 0.3) is 0 Å². The van der Waals surface area contributed by atoms with E-state index in [1.807, 2.05) is 24.3 Å². The fourth-order valence-corrected chi connectivity index (χ4v) is 2.43. The SMILES string of the molecule is CCc1ccccc1OC1CN(c2ccc(C#N)cn2)C1. The molecular weight excluding hydrogens is 262 g/mol. The monoisotopic (exact) mass is 279 g/mol. The van der Waals surface area contributed by atoms with E-state index in [9.17, 15) is 0 Å². The van der Waals surface area contributed by atoms with Crippen LogP contribution in [0.1, 0.15) is 18.1 Å². The zero-order valence-corrected chi connectivity index (χ0v) is 12.0. The molecular formula is C17H17N3O. The van der Waals surface area contributed by atoms with Gasteiger partial charge in [0.05, 0.1) is 18.7 Å². The highest BCUT2D eigenvalue weighted by Crippen LogP contribution is 2.25. The third kappa shape index (κ3) is 2.82. The first-order valence-corrected chi connectivity index (χ1v) is 7.16. The van der Waals surface area contributed by atoms with Gasteiger partial charge in [0.2, 0.25) is 0 Å². The molecule has 4 nitrogen and oxygen atoms in total. The molecule has 1 fully saturated rings. The molecule has 1 aliphatic heterocycles. The van der Waals surface area contributed by atoms with Gasteiger partial charge >= 0.3 is 0 Å². The van der Waals surface area contributed by atoms with Crippen LogP contribution in [0, 0.1) is 11.3 Å². The third-order valence-electron chi connectivity index (χ3n) is 3.70. The maximum atomic E-state index is 8.77. The summed E-state index contributed by atoms with van der Waals surface area (Å²) in [7, 11) is 0. The number of anilines is 1. The highest BCUT2D eigenvalue weighted by atomic mass is 16.5. The third-order valence-corrected chi connectivity index (χ3v) is 3.70. The first-order chi connectivity index (χ1) is 10.3. The molecule has 1 saturated heterocycles. The molecule has 0 amide bonds. The number of pyridine rings is 1. The molecule has 2 heterocycles. The summed E-state index contributed by atoms with van der Waals surface area (Å²) >= 11 is 0. The van der Waals surface area contributed by atoms with E-state index in [1.165, 1.54) is 5.56 Å². The lowest BCUT2D eigenvalue weighted by molar-refractivity contribution is 0.165. The standard InChI is InChI=1S/C17H17N3O/c1-2-14-5-3-4-6-16(14)21-15-11-20(12-15)17-8-7-13(9-18)10-19-17/h3-8,10,15H,2,11-12H2,1H3. The molecule has 0 bridgehead atoms. The first kappa shape index (κ1) is 13.4. The molecule has 3 rings (SSSR count). The average molecular weight is 279 g/mol. The molecule has 0 aliphatic carbocycles. The van der Waals surface area contributed by atoms with Gasteiger partial charge in [-0.1, -0.05) is 25.1 Å². The fourth-order valence-electron chi connectivity index (χ4n) is 2.43. The number of hydrogen-bond acceptors (Lipinski definition) is 4. The number of aryl methyl sites for hydroxylation is 1. The van der Waals surface area contributed by atoms with Crippen LogP contribution >= 0.6 is 0 Å². The van der Waals surface area contributed by atoms with Gasteiger partial charge in [-0.2, -0.15) is 5.26 Å². The van der Waals surface area contributed by atoms with Crippen LogP contribution in [0.15, 0.2) is 42.6 Å². The van der Waals surface area contributed by atoms with Gasteiger partial charge in [-0.25, -0.2) is 4.98 Å². The zero-order valence-electron chi connectivity index (χ0n) is 12.0. The topological polar surface area (TPSA) is 49.1 Å². The second kappa shape index (κ2) is 5.84. The second-order valence-corrected chi connectivity index (χ2v) is 5.12. The summed E-state index contributed by atoms with van der Waals surface area (Å²) in [5.41, 5.74) is 1.83. The van der Waals surface area contributed by atoms with Crippen molar-refractivity contribution in [3.8, 4) is 11.8 Å². The number of benzene rings is 1. The highest BCUT2D eigenvalue weighted by Gasteiger charge is 2.29. The van der Waals surface area contributed by atoms with Gasteiger partial charge in [0.1, 0.15) is 23.7 Å². The number of nitriles is 1. The molecule has 2 aromatic rings. The Morgan fingerprint density at radius 3 is 2.76 bits per heavy atom. The highest BCUT2D eigenvalue weighted by molar-refractivity contribution is 5.45. The summed E-state index contributed by atoms with van der Waals surface area (Å²) in [6.45, 7) is 3.80. The summed E-state index contributed by atoms with van der Waals surface area (Å²) < 4.78 is 6.05. The predicted octanol–water partition coefficient (Wildman–Crippen LogP) is 2.78. The van der Waals surface area contributed by atoms with Crippen LogP contribution in [0.3, 0.4) is 0 Å². The van der Waals surface area contributed by atoms with E-state index >= 15 is 0 Å². The summed E-state index contributed by atoms with van der Waals surface area (Å²) in [6.07, 6.45) is 2.79. The lowest BCUT2D eigenvalue weighted by atomic mass is 10.1. The first-order valence-electron chi connectivity index (χ1n) is 7.16. The summed E-state index contributed by atoms with van der Waals surface area (Å²) in [6, 6.07) is 13.9. The van der Waals surface area contributed by atoms with Gasteiger partial charge in [-0.3, -0.25) is 0 Å². The van der Waals surface area contributed by atoms with Crippen LogP contribution < -0.4 is 9.64 Å². The molecule has 1 aliphatic rings. The summed E-state index contributed by atoms with van der Waals surface area (Å²) in [5, 5.41) is 8.77. The Morgan fingerprint density at radius 2 is 2.10 bits per heavy atom. The van der Waals surface area contributed by atoms with E-state index in [-0.39, 0.29) is 6.10 Å². The molecule has 0 spiro atoms. The van der Waals surface area contributed by atoms with Crippen LogP contribution in [-0.4, -0.2) is 24.2 Å². The molecule has 0 atom stereocenters. The molecule has 21 heavy (non-hydrogen) atoms. The Kier molecular flexibility index (Phi) is 3.74. The number of ether oxygens (including phenoxy) is 1. The van der Waals surface area contributed by atoms with Crippen LogP contribution in [-0.2, 0) is 6.42 Å². The Bertz CT molecular complexity index is 654. The van der Waals surface area contributed by atoms with Crippen molar-refractivity contribution in [1.29, 1.82) is 5.26 Å². The zero-order chi connectivity index (χ0) is 14.7.